The van der Waals surface area contributed by atoms with Gasteiger partial charge in [-0.15, -0.1) is 0 Å². The highest BCUT2D eigenvalue weighted by Gasteiger charge is 2.48. The molecular formula is C23H29N7O3. The highest BCUT2D eigenvalue weighted by atomic mass is 16.6. The van der Waals surface area contributed by atoms with Crippen LogP contribution in [0.3, 0.4) is 0 Å². The van der Waals surface area contributed by atoms with E-state index in [4.69, 9.17) is 15.9 Å². The Morgan fingerprint density at radius 3 is 2.61 bits per heavy atom. The fourth-order valence-electron chi connectivity index (χ4n) is 4.59. The monoisotopic (exact) mass is 451 g/mol. The molecule has 0 spiro atoms. The lowest BCUT2D eigenvalue weighted by Crippen LogP contribution is -2.49. The van der Waals surface area contributed by atoms with Crippen LogP contribution < -0.4 is 16.4 Å². The summed E-state index contributed by atoms with van der Waals surface area (Å²) in [6, 6.07) is 6.83. The van der Waals surface area contributed by atoms with Gasteiger partial charge in [-0.2, -0.15) is 0 Å². The number of nitrogens with one attached hydrogen (secondary N) is 3. The quantitative estimate of drug-likeness (QED) is 0.390. The van der Waals surface area contributed by atoms with Crippen LogP contribution in [0.15, 0.2) is 30.6 Å². The van der Waals surface area contributed by atoms with Crippen LogP contribution in [-0.2, 0) is 9.53 Å². The van der Waals surface area contributed by atoms with Crippen molar-refractivity contribution in [2.45, 2.75) is 51.3 Å². The molecule has 2 amide bonds. The Morgan fingerprint density at radius 1 is 1.24 bits per heavy atom. The van der Waals surface area contributed by atoms with Gasteiger partial charge in [-0.25, -0.2) is 14.8 Å². The van der Waals surface area contributed by atoms with E-state index in [1.54, 1.807) is 29.2 Å². The molecule has 2 aliphatic rings. The summed E-state index contributed by atoms with van der Waals surface area (Å²) in [5.74, 6) is 1.05. The molecule has 1 saturated heterocycles. The number of carbonyl (C=O) groups excluding carboxylic acids is 2. The number of nitrogens with zero attached hydrogens (tertiary/aromatic N) is 3. The summed E-state index contributed by atoms with van der Waals surface area (Å²) in [5.41, 5.74) is 7.41. The number of rotatable bonds is 6. The molecule has 2 heterocycles. The SMILES string of the molecule is CC(C)(C)OC(=O)N1CC2CC(Nc3ncnc(N)c3C(=N)c3ccc(NC=O)cc3)C1C2. The molecule has 2 bridgehead atoms. The molecule has 1 saturated carbocycles. The van der Waals surface area contributed by atoms with E-state index in [2.05, 4.69) is 20.6 Å². The van der Waals surface area contributed by atoms with Crippen LogP contribution in [0, 0.1) is 11.3 Å². The number of hydrogen-bond donors (Lipinski definition) is 4. The van der Waals surface area contributed by atoms with Crippen molar-refractivity contribution in [2.75, 3.05) is 22.9 Å². The van der Waals surface area contributed by atoms with Gasteiger partial charge in [0.25, 0.3) is 0 Å². The molecule has 10 nitrogen and oxygen atoms in total. The highest BCUT2D eigenvalue weighted by Crippen LogP contribution is 2.40. The molecule has 1 aromatic carbocycles. The summed E-state index contributed by atoms with van der Waals surface area (Å²) in [6.07, 6.45) is 3.45. The topological polar surface area (TPSA) is 146 Å². The molecule has 1 aliphatic heterocycles. The van der Waals surface area contributed by atoms with Crippen molar-refractivity contribution >= 4 is 35.5 Å². The summed E-state index contributed by atoms with van der Waals surface area (Å²) >= 11 is 0. The van der Waals surface area contributed by atoms with Crippen molar-refractivity contribution < 1.29 is 14.3 Å². The maximum Gasteiger partial charge on any atom is 0.410 e. The molecule has 2 fully saturated rings. The molecule has 5 N–H and O–H groups in total. The van der Waals surface area contributed by atoms with E-state index in [-0.39, 0.29) is 29.7 Å². The molecule has 1 aliphatic carbocycles. The minimum atomic E-state index is -0.554. The number of aromatic nitrogens is 2. The molecule has 1 aromatic heterocycles. The molecule has 174 valence electrons. The number of carbonyl (C=O) groups is 2. The van der Waals surface area contributed by atoms with Gasteiger partial charge < -0.3 is 26.0 Å². The summed E-state index contributed by atoms with van der Waals surface area (Å²) in [7, 11) is 0. The third kappa shape index (κ3) is 4.74. The molecule has 4 rings (SSSR count). The summed E-state index contributed by atoms with van der Waals surface area (Å²) in [4.78, 5) is 33.6. The van der Waals surface area contributed by atoms with Crippen molar-refractivity contribution in [1.29, 1.82) is 5.41 Å². The van der Waals surface area contributed by atoms with E-state index in [9.17, 15) is 9.59 Å². The van der Waals surface area contributed by atoms with E-state index in [0.29, 0.717) is 41.5 Å². The van der Waals surface area contributed by atoms with Gasteiger partial charge in [-0.3, -0.25) is 10.2 Å². The Balaban J connectivity index is 1.55. The lowest BCUT2D eigenvalue weighted by atomic mass is 10.0. The van der Waals surface area contributed by atoms with Gasteiger partial charge in [-0.1, -0.05) is 12.1 Å². The minimum absolute atomic E-state index is 0.0169. The first-order valence-electron chi connectivity index (χ1n) is 10.9. The van der Waals surface area contributed by atoms with Crippen molar-refractivity contribution in [3.63, 3.8) is 0 Å². The number of likely N-dealkylation sites (tertiary alicyclic amines) is 1. The van der Waals surface area contributed by atoms with Crippen LogP contribution in [0.4, 0.5) is 22.1 Å². The second-order valence-electron chi connectivity index (χ2n) is 9.49. The third-order valence-corrected chi connectivity index (χ3v) is 5.96. The highest BCUT2D eigenvalue weighted by molar-refractivity contribution is 6.16. The summed E-state index contributed by atoms with van der Waals surface area (Å²) in [6.45, 7) is 6.27. The first kappa shape index (κ1) is 22.5. The van der Waals surface area contributed by atoms with Crippen molar-refractivity contribution in [1.82, 2.24) is 14.9 Å². The normalized spacial score (nSPS) is 21.5. The van der Waals surface area contributed by atoms with E-state index in [1.807, 2.05) is 20.8 Å². The number of nitrogens with two attached hydrogens (primary N) is 1. The Hall–Kier alpha value is -3.69. The Morgan fingerprint density at radius 2 is 1.97 bits per heavy atom. The van der Waals surface area contributed by atoms with E-state index >= 15 is 0 Å². The number of piperidine rings is 1. The van der Waals surface area contributed by atoms with Gasteiger partial charge in [-0.05, 0) is 51.7 Å². The number of benzene rings is 1. The maximum absolute atomic E-state index is 12.7. The zero-order chi connectivity index (χ0) is 23.8. The molecule has 0 radical (unpaired) electrons. The van der Waals surface area contributed by atoms with Crippen LogP contribution in [0.25, 0.3) is 0 Å². The lowest BCUT2D eigenvalue weighted by molar-refractivity contribution is -0.105. The Kier molecular flexibility index (Phi) is 5.92. The third-order valence-electron chi connectivity index (χ3n) is 5.96. The van der Waals surface area contributed by atoms with Crippen LogP contribution in [0.5, 0.6) is 0 Å². The van der Waals surface area contributed by atoms with Crippen LogP contribution in [0.1, 0.15) is 44.7 Å². The predicted octanol–water partition coefficient (Wildman–Crippen LogP) is 2.85. The van der Waals surface area contributed by atoms with Gasteiger partial charge >= 0.3 is 6.09 Å². The molecule has 3 atom stereocenters. The zero-order valence-electron chi connectivity index (χ0n) is 19.0. The van der Waals surface area contributed by atoms with Gasteiger partial charge in [0, 0.05) is 23.8 Å². The fraction of sp³-hybridized carbons (Fsp3) is 0.435. The second-order valence-corrected chi connectivity index (χ2v) is 9.49. The number of fused-ring (bicyclic) bond motifs is 2. The molecule has 33 heavy (non-hydrogen) atoms. The number of nitrogen functional groups attached to an aromatic ring is 1. The van der Waals surface area contributed by atoms with Crippen LogP contribution in [0.2, 0.25) is 0 Å². The van der Waals surface area contributed by atoms with Crippen molar-refractivity contribution in [3.05, 3.63) is 41.7 Å². The van der Waals surface area contributed by atoms with E-state index in [0.717, 1.165) is 12.8 Å². The predicted molar refractivity (Wildman–Crippen MR) is 125 cm³/mol. The molecule has 2 aromatic rings. The van der Waals surface area contributed by atoms with Gasteiger partial charge in [0.05, 0.1) is 17.3 Å². The molecule has 3 unspecified atom stereocenters. The lowest BCUT2D eigenvalue weighted by Gasteiger charge is -2.35. The minimum Gasteiger partial charge on any atom is -0.444 e. The van der Waals surface area contributed by atoms with Crippen LogP contribution in [-0.4, -0.2) is 57.3 Å². The molecular weight excluding hydrogens is 422 g/mol. The number of hydrogen-bond acceptors (Lipinski definition) is 8. The van der Waals surface area contributed by atoms with Gasteiger partial charge in [0.1, 0.15) is 23.6 Å². The Labute approximate surface area is 192 Å². The number of anilines is 3. The first-order valence-corrected chi connectivity index (χ1v) is 10.9. The number of amides is 2. The van der Waals surface area contributed by atoms with E-state index in [1.165, 1.54) is 6.33 Å². The van der Waals surface area contributed by atoms with Gasteiger partial charge in [0.2, 0.25) is 6.41 Å². The van der Waals surface area contributed by atoms with E-state index < -0.39 is 5.60 Å². The standard InChI is InChI=1S/C23H29N7O3/c1-23(2,3)33-22(32)30-10-13-8-16(17(30)9-13)29-21-18(20(25)26-11-27-21)19(24)14-4-6-15(7-5-14)28-12-31/h4-7,11-13,16-17,24H,8-10H2,1-3H3,(H,28,31)(H3,25,26,27,29). The van der Waals surface area contributed by atoms with Crippen molar-refractivity contribution in [3.8, 4) is 0 Å². The van der Waals surface area contributed by atoms with Crippen molar-refractivity contribution in [2.24, 2.45) is 5.92 Å². The number of ether oxygens (including phenoxy) is 1. The smallest absolute Gasteiger partial charge is 0.410 e. The summed E-state index contributed by atoms with van der Waals surface area (Å²) in [5, 5.41) is 14.7. The summed E-state index contributed by atoms with van der Waals surface area (Å²) < 4.78 is 5.59. The average molecular weight is 452 g/mol. The zero-order valence-corrected chi connectivity index (χ0v) is 19.0. The first-order chi connectivity index (χ1) is 15.7. The average Bonchev–Trinajstić information content (AvgIpc) is 3.34. The van der Waals surface area contributed by atoms with Crippen LogP contribution >= 0.6 is 0 Å². The maximum atomic E-state index is 12.7. The van der Waals surface area contributed by atoms with Gasteiger partial charge in [0.15, 0.2) is 0 Å². The fourth-order valence-corrected chi connectivity index (χ4v) is 4.59. The Bertz CT molecular complexity index is 1060. The molecule has 10 heteroatoms. The largest absolute Gasteiger partial charge is 0.444 e. The second kappa shape index (κ2) is 8.68.